The van der Waals surface area contributed by atoms with Gasteiger partial charge in [0.15, 0.2) is 0 Å². The third-order valence-corrected chi connectivity index (χ3v) is 2.77. The Hall–Kier alpha value is -1.20. The average molecular weight is 243 g/mol. The molecule has 0 fully saturated rings. The van der Waals surface area contributed by atoms with E-state index in [4.69, 9.17) is 17.3 Å². The first kappa shape index (κ1) is 12.9. The third kappa shape index (κ3) is 2.90. The minimum absolute atomic E-state index is 0.175. The number of anilines is 1. The summed E-state index contributed by atoms with van der Waals surface area (Å²) in [4.78, 5) is 19.6. The van der Waals surface area contributed by atoms with Gasteiger partial charge < -0.3 is 5.73 Å². The highest BCUT2D eigenvalue weighted by Crippen LogP contribution is 2.14. The van der Waals surface area contributed by atoms with Gasteiger partial charge in [0.05, 0.1) is 5.54 Å². The fourth-order valence-electron chi connectivity index (χ4n) is 1.19. The molecule has 6 heteroatoms. The summed E-state index contributed by atoms with van der Waals surface area (Å²) in [6.45, 7) is 3.73. The lowest BCUT2D eigenvalue weighted by Crippen LogP contribution is -2.50. The Morgan fingerprint density at radius 1 is 1.56 bits per heavy atom. The summed E-state index contributed by atoms with van der Waals surface area (Å²) in [5, 5.41) is 2.83. The van der Waals surface area contributed by atoms with Crippen molar-refractivity contribution in [3.63, 3.8) is 0 Å². The highest BCUT2D eigenvalue weighted by molar-refractivity contribution is 6.29. The highest BCUT2D eigenvalue weighted by Gasteiger charge is 2.30. The fraction of sp³-hybridized carbons (Fsp3) is 0.500. The standard InChI is InChI=1S/C10H15ClN4O/c1-3-10(12,4-2)8(16)15-9-13-6-5-7(11)14-9/h5-6H,3-4,12H2,1-2H3,(H,13,14,15,16). The zero-order valence-electron chi connectivity index (χ0n) is 9.33. The van der Waals surface area contributed by atoms with Crippen LogP contribution >= 0.6 is 11.6 Å². The van der Waals surface area contributed by atoms with Crippen LogP contribution < -0.4 is 11.1 Å². The highest BCUT2D eigenvalue weighted by atomic mass is 35.5. The Morgan fingerprint density at radius 3 is 2.69 bits per heavy atom. The monoisotopic (exact) mass is 242 g/mol. The van der Waals surface area contributed by atoms with Crippen LogP contribution in [0.1, 0.15) is 26.7 Å². The molecular formula is C10H15ClN4O. The minimum Gasteiger partial charge on any atom is -0.317 e. The number of nitrogens with zero attached hydrogens (tertiary/aromatic N) is 2. The van der Waals surface area contributed by atoms with Crippen molar-refractivity contribution in [2.45, 2.75) is 32.2 Å². The van der Waals surface area contributed by atoms with E-state index in [2.05, 4.69) is 15.3 Å². The maximum Gasteiger partial charge on any atom is 0.246 e. The molecule has 88 valence electrons. The van der Waals surface area contributed by atoms with Crippen LogP contribution in [0.4, 0.5) is 5.95 Å². The molecule has 0 atom stereocenters. The Bertz CT molecular complexity index is 379. The summed E-state index contributed by atoms with van der Waals surface area (Å²) in [6, 6.07) is 1.53. The molecule has 0 aromatic carbocycles. The topological polar surface area (TPSA) is 80.9 Å². The first-order chi connectivity index (χ1) is 7.51. The number of hydrogen-bond donors (Lipinski definition) is 2. The second-order valence-electron chi connectivity index (χ2n) is 3.52. The molecule has 1 amide bonds. The molecule has 0 spiro atoms. The predicted molar refractivity (Wildman–Crippen MR) is 63.2 cm³/mol. The summed E-state index contributed by atoms with van der Waals surface area (Å²) < 4.78 is 0. The van der Waals surface area contributed by atoms with Crippen LogP contribution in [0.15, 0.2) is 12.3 Å². The van der Waals surface area contributed by atoms with Crippen molar-refractivity contribution < 1.29 is 4.79 Å². The van der Waals surface area contributed by atoms with Gasteiger partial charge in [-0.05, 0) is 18.9 Å². The zero-order chi connectivity index (χ0) is 12.2. The van der Waals surface area contributed by atoms with E-state index in [0.717, 1.165) is 0 Å². The lowest BCUT2D eigenvalue weighted by Gasteiger charge is -2.24. The van der Waals surface area contributed by atoms with Gasteiger partial charge in [0.2, 0.25) is 11.9 Å². The van der Waals surface area contributed by atoms with Crippen LogP contribution in [-0.2, 0) is 4.79 Å². The van der Waals surface area contributed by atoms with Gasteiger partial charge in [-0.2, -0.15) is 0 Å². The molecule has 0 bridgehead atoms. The van der Waals surface area contributed by atoms with E-state index in [0.29, 0.717) is 12.8 Å². The van der Waals surface area contributed by atoms with Crippen LogP contribution in [-0.4, -0.2) is 21.4 Å². The SMILES string of the molecule is CCC(N)(CC)C(=O)Nc1nccc(Cl)n1. The van der Waals surface area contributed by atoms with Gasteiger partial charge >= 0.3 is 0 Å². The molecule has 1 heterocycles. The second kappa shape index (κ2) is 5.23. The van der Waals surface area contributed by atoms with Crippen LogP contribution in [0, 0.1) is 0 Å². The molecular weight excluding hydrogens is 228 g/mol. The molecule has 0 aliphatic heterocycles. The minimum atomic E-state index is -0.883. The van der Waals surface area contributed by atoms with Crippen molar-refractivity contribution in [1.29, 1.82) is 0 Å². The van der Waals surface area contributed by atoms with E-state index in [1.54, 1.807) is 0 Å². The number of halogens is 1. The van der Waals surface area contributed by atoms with Crippen molar-refractivity contribution >= 4 is 23.5 Å². The maximum atomic E-state index is 11.8. The summed E-state index contributed by atoms with van der Waals surface area (Å²) >= 11 is 5.68. The van der Waals surface area contributed by atoms with Crippen molar-refractivity contribution in [2.75, 3.05) is 5.32 Å². The Labute approximate surface area is 99.4 Å². The van der Waals surface area contributed by atoms with Crippen LogP contribution in [0.25, 0.3) is 0 Å². The number of nitrogens with one attached hydrogen (secondary N) is 1. The van der Waals surface area contributed by atoms with Crippen LogP contribution in [0.3, 0.4) is 0 Å². The zero-order valence-corrected chi connectivity index (χ0v) is 10.1. The molecule has 1 aromatic rings. The van der Waals surface area contributed by atoms with Gasteiger partial charge in [-0.15, -0.1) is 0 Å². The van der Waals surface area contributed by atoms with E-state index in [-0.39, 0.29) is 17.0 Å². The Morgan fingerprint density at radius 2 is 2.19 bits per heavy atom. The summed E-state index contributed by atoms with van der Waals surface area (Å²) in [6.07, 6.45) is 2.58. The normalized spacial score (nSPS) is 11.2. The van der Waals surface area contributed by atoms with E-state index in [9.17, 15) is 4.79 Å². The van der Waals surface area contributed by atoms with Crippen molar-refractivity contribution in [2.24, 2.45) is 5.73 Å². The molecule has 0 aliphatic carbocycles. The van der Waals surface area contributed by atoms with Gasteiger partial charge in [-0.3, -0.25) is 10.1 Å². The first-order valence-corrected chi connectivity index (χ1v) is 5.48. The van der Waals surface area contributed by atoms with Gasteiger partial charge in [0.25, 0.3) is 0 Å². The van der Waals surface area contributed by atoms with Crippen molar-refractivity contribution in [3.8, 4) is 0 Å². The van der Waals surface area contributed by atoms with Gasteiger partial charge in [-0.1, -0.05) is 25.4 Å². The van der Waals surface area contributed by atoms with Crippen LogP contribution in [0.2, 0.25) is 5.15 Å². The molecule has 0 saturated heterocycles. The quantitative estimate of drug-likeness (QED) is 0.786. The Balaban J connectivity index is 2.78. The number of rotatable bonds is 4. The van der Waals surface area contributed by atoms with Crippen LogP contribution in [0.5, 0.6) is 0 Å². The second-order valence-corrected chi connectivity index (χ2v) is 3.91. The molecule has 0 radical (unpaired) electrons. The molecule has 1 rings (SSSR count). The molecule has 16 heavy (non-hydrogen) atoms. The van der Waals surface area contributed by atoms with Crippen molar-refractivity contribution in [3.05, 3.63) is 17.4 Å². The van der Waals surface area contributed by atoms with Gasteiger partial charge in [0, 0.05) is 6.20 Å². The summed E-state index contributed by atoms with van der Waals surface area (Å²) in [7, 11) is 0. The molecule has 5 nitrogen and oxygen atoms in total. The molecule has 0 saturated carbocycles. The summed E-state index contributed by atoms with van der Waals surface area (Å²) in [5.74, 6) is -0.117. The van der Waals surface area contributed by atoms with E-state index < -0.39 is 5.54 Å². The predicted octanol–water partition coefficient (Wildman–Crippen LogP) is 1.59. The number of aromatic nitrogens is 2. The fourth-order valence-corrected chi connectivity index (χ4v) is 1.33. The van der Waals surface area contributed by atoms with Gasteiger partial charge in [-0.25, -0.2) is 9.97 Å². The first-order valence-electron chi connectivity index (χ1n) is 5.10. The van der Waals surface area contributed by atoms with E-state index >= 15 is 0 Å². The Kier molecular flexibility index (Phi) is 4.20. The van der Waals surface area contributed by atoms with Crippen molar-refractivity contribution in [1.82, 2.24) is 9.97 Å². The number of carbonyl (C=O) groups excluding carboxylic acids is 1. The maximum absolute atomic E-state index is 11.8. The smallest absolute Gasteiger partial charge is 0.246 e. The average Bonchev–Trinajstić information content (AvgIpc) is 2.28. The van der Waals surface area contributed by atoms with Gasteiger partial charge in [0.1, 0.15) is 5.15 Å². The summed E-state index contributed by atoms with van der Waals surface area (Å²) in [5.41, 5.74) is 5.04. The lowest BCUT2D eigenvalue weighted by molar-refractivity contribution is -0.121. The molecule has 0 unspecified atom stereocenters. The van der Waals surface area contributed by atoms with E-state index in [1.165, 1.54) is 12.3 Å². The largest absolute Gasteiger partial charge is 0.317 e. The molecule has 1 aromatic heterocycles. The molecule has 0 aliphatic rings. The molecule has 3 N–H and O–H groups in total. The lowest BCUT2D eigenvalue weighted by atomic mass is 9.93. The van der Waals surface area contributed by atoms with E-state index in [1.807, 2.05) is 13.8 Å². The number of amides is 1. The third-order valence-electron chi connectivity index (χ3n) is 2.56. The number of carbonyl (C=O) groups is 1. The number of hydrogen-bond acceptors (Lipinski definition) is 4. The number of nitrogens with two attached hydrogens (primary N) is 1.